The molecule has 0 unspecified atom stereocenters. The molecule has 0 aliphatic rings. The Bertz CT molecular complexity index is 266. The SMILES string of the molecule is C[C@H](O)CCc1c(F)cccc1Br. The molecule has 0 saturated heterocycles. The fourth-order valence-corrected chi connectivity index (χ4v) is 1.66. The van der Waals surface area contributed by atoms with Crippen LogP contribution in [0.25, 0.3) is 0 Å². The highest BCUT2D eigenvalue weighted by Gasteiger charge is 2.07. The van der Waals surface area contributed by atoms with Gasteiger partial charge in [0.05, 0.1) is 6.10 Å². The Morgan fingerprint density at radius 1 is 1.54 bits per heavy atom. The van der Waals surface area contributed by atoms with Gasteiger partial charge in [-0.2, -0.15) is 0 Å². The van der Waals surface area contributed by atoms with Crippen molar-refractivity contribution in [1.29, 1.82) is 0 Å². The minimum absolute atomic E-state index is 0.213. The molecule has 0 spiro atoms. The van der Waals surface area contributed by atoms with Crippen LogP contribution in [0.3, 0.4) is 0 Å². The lowest BCUT2D eigenvalue weighted by atomic mass is 10.1. The van der Waals surface area contributed by atoms with E-state index < -0.39 is 0 Å². The first-order valence-corrected chi connectivity index (χ1v) is 5.01. The Hall–Kier alpha value is -0.410. The number of halogens is 2. The first-order chi connectivity index (χ1) is 6.11. The molecule has 1 N–H and O–H groups in total. The van der Waals surface area contributed by atoms with E-state index in [1.54, 1.807) is 19.1 Å². The maximum absolute atomic E-state index is 13.2. The van der Waals surface area contributed by atoms with Gasteiger partial charge in [0.1, 0.15) is 5.82 Å². The van der Waals surface area contributed by atoms with Crippen molar-refractivity contribution >= 4 is 15.9 Å². The summed E-state index contributed by atoms with van der Waals surface area (Å²) in [5, 5.41) is 9.06. The summed E-state index contributed by atoms with van der Waals surface area (Å²) in [6.07, 6.45) is 0.760. The van der Waals surface area contributed by atoms with Crippen LogP contribution in [0, 0.1) is 5.82 Å². The maximum atomic E-state index is 13.2. The Kier molecular flexibility index (Phi) is 3.88. The topological polar surface area (TPSA) is 20.2 Å². The largest absolute Gasteiger partial charge is 0.393 e. The lowest BCUT2D eigenvalue weighted by Gasteiger charge is -2.07. The zero-order chi connectivity index (χ0) is 9.84. The fraction of sp³-hybridized carbons (Fsp3) is 0.400. The van der Waals surface area contributed by atoms with Crippen LogP contribution in [-0.2, 0) is 6.42 Å². The number of hydrogen-bond donors (Lipinski definition) is 1. The van der Waals surface area contributed by atoms with Gasteiger partial charge in [0.15, 0.2) is 0 Å². The Morgan fingerprint density at radius 2 is 2.23 bits per heavy atom. The third-order valence-electron chi connectivity index (χ3n) is 1.87. The fourth-order valence-electron chi connectivity index (χ4n) is 1.12. The zero-order valence-electron chi connectivity index (χ0n) is 7.43. The second-order valence-electron chi connectivity index (χ2n) is 3.09. The molecule has 1 atom stereocenters. The standard InChI is InChI=1S/C10H12BrFO/c1-7(13)5-6-8-9(11)3-2-4-10(8)12/h2-4,7,13H,5-6H2,1H3/t7-/m0/s1. The van der Waals surface area contributed by atoms with Crippen LogP contribution >= 0.6 is 15.9 Å². The predicted molar refractivity (Wildman–Crippen MR) is 54.1 cm³/mol. The van der Waals surface area contributed by atoms with Crippen molar-refractivity contribution in [1.82, 2.24) is 0 Å². The molecule has 0 fully saturated rings. The Labute approximate surface area is 85.7 Å². The maximum Gasteiger partial charge on any atom is 0.127 e. The van der Waals surface area contributed by atoms with Gasteiger partial charge in [-0.05, 0) is 31.9 Å². The second-order valence-corrected chi connectivity index (χ2v) is 3.94. The molecule has 0 heterocycles. The van der Waals surface area contributed by atoms with E-state index in [-0.39, 0.29) is 11.9 Å². The van der Waals surface area contributed by atoms with Gasteiger partial charge in [0.25, 0.3) is 0 Å². The molecule has 1 nitrogen and oxygen atoms in total. The highest BCUT2D eigenvalue weighted by Crippen LogP contribution is 2.21. The first kappa shape index (κ1) is 10.7. The summed E-state index contributed by atoms with van der Waals surface area (Å²) >= 11 is 3.28. The molecular weight excluding hydrogens is 235 g/mol. The minimum Gasteiger partial charge on any atom is -0.393 e. The van der Waals surface area contributed by atoms with Gasteiger partial charge in [-0.1, -0.05) is 22.0 Å². The van der Waals surface area contributed by atoms with E-state index in [4.69, 9.17) is 5.11 Å². The molecule has 0 aliphatic heterocycles. The molecule has 0 bridgehead atoms. The normalized spacial score (nSPS) is 12.9. The van der Waals surface area contributed by atoms with E-state index in [1.165, 1.54) is 6.07 Å². The Balaban J connectivity index is 2.75. The van der Waals surface area contributed by atoms with Crippen LogP contribution in [-0.4, -0.2) is 11.2 Å². The van der Waals surface area contributed by atoms with Crippen LogP contribution in [0.2, 0.25) is 0 Å². The quantitative estimate of drug-likeness (QED) is 0.870. The van der Waals surface area contributed by atoms with Crippen molar-refractivity contribution in [2.45, 2.75) is 25.9 Å². The summed E-state index contributed by atoms with van der Waals surface area (Å²) in [5.41, 5.74) is 0.642. The summed E-state index contributed by atoms with van der Waals surface area (Å²) in [7, 11) is 0. The molecule has 72 valence electrons. The molecule has 3 heteroatoms. The number of hydrogen-bond acceptors (Lipinski definition) is 1. The molecule has 1 rings (SSSR count). The lowest BCUT2D eigenvalue weighted by Crippen LogP contribution is -2.03. The van der Waals surface area contributed by atoms with Crippen LogP contribution < -0.4 is 0 Å². The smallest absolute Gasteiger partial charge is 0.127 e. The third kappa shape index (κ3) is 3.08. The average molecular weight is 247 g/mol. The minimum atomic E-state index is -0.383. The lowest BCUT2D eigenvalue weighted by molar-refractivity contribution is 0.184. The van der Waals surface area contributed by atoms with Gasteiger partial charge < -0.3 is 5.11 Å². The van der Waals surface area contributed by atoms with E-state index >= 15 is 0 Å². The zero-order valence-corrected chi connectivity index (χ0v) is 9.01. The van der Waals surface area contributed by atoms with Crippen molar-refractivity contribution in [3.63, 3.8) is 0 Å². The number of benzene rings is 1. The molecular formula is C10H12BrFO. The van der Waals surface area contributed by atoms with Crippen LogP contribution in [0.15, 0.2) is 22.7 Å². The Morgan fingerprint density at radius 3 is 2.77 bits per heavy atom. The average Bonchev–Trinajstić information content (AvgIpc) is 2.03. The van der Waals surface area contributed by atoms with Gasteiger partial charge in [-0.15, -0.1) is 0 Å². The summed E-state index contributed by atoms with van der Waals surface area (Å²) in [4.78, 5) is 0. The van der Waals surface area contributed by atoms with Crippen molar-refractivity contribution in [2.75, 3.05) is 0 Å². The van der Waals surface area contributed by atoms with E-state index in [2.05, 4.69) is 15.9 Å². The van der Waals surface area contributed by atoms with Gasteiger partial charge in [-0.25, -0.2) is 4.39 Å². The van der Waals surface area contributed by atoms with Crippen molar-refractivity contribution in [3.8, 4) is 0 Å². The predicted octanol–water partition coefficient (Wildman–Crippen LogP) is 2.90. The first-order valence-electron chi connectivity index (χ1n) is 4.22. The highest BCUT2D eigenvalue weighted by atomic mass is 79.9. The van der Waals surface area contributed by atoms with Gasteiger partial charge in [0.2, 0.25) is 0 Å². The van der Waals surface area contributed by atoms with Crippen molar-refractivity contribution in [2.24, 2.45) is 0 Å². The molecule has 1 aromatic rings. The van der Waals surface area contributed by atoms with Crippen molar-refractivity contribution in [3.05, 3.63) is 34.1 Å². The van der Waals surface area contributed by atoms with Gasteiger partial charge >= 0.3 is 0 Å². The van der Waals surface area contributed by atoms with E-state index in [1.807, 2.05) is 0 Å². The molecule has 0 radical (unpaired) electrons. The summed E-state index contributed by atoms with van der Waals surface area (Å²) in [6.45, 7) is 1.70. The third-order valence-corrected chi connectivity index (χ3v) is 2.62. The van der Waals surface area contributed by atoms with Crippen LogP contribution in [0.5, 0.6) is 0 Å². The number of aliphatic hydroxyl groups excluding tert-OH is 1. The van der Waals surface area contributed by atoms with E-state index in [0.717, 1.165) is 4.47 Å². The van der Waals surface area contributed by atoms with Crippen LogP contribution in [0.1, 0.15) is 18.9 Å². The molecule has 0 aliphatic carbocycles. The van der Waals surface area contributed by atoms with E-state index in [0.29, 0.717) is 18.4 Å². The highest BCUT2D eigenvalue weighted by molar-refractivity contribution is 9.10. The van der Waals surface area contributed by atoms with Crippen molar-refractivity contribution < 1.29 is 9.50 Å². The monoisotopic (exact) mass is 246 g/mol. The van der Waals surface area contributed by atoms with Crippen LogP contribution in [0.4, 0.5) is 4.39 Å². The van der Waals surface area contributed by atoms with Gasteiger partial charge in [-0.3, -0.25) is 0 Å². The molecule has 13 heavy (non-hydrogen) atoms. The molecule has 0 saturated carbocycles. The molecule has 0 amide bonds. The number of rotatable bonds is 3. The summed E-state index contributed by atoms with van der Waals surface area (Å²) < 4.78 is 14.0. The molecule has 1 aromatic carbocycles. The number of aliphatic hydroxyl groups is 1. The summed E-state index contributed by atoms with van der Waals surface area (Å²) in [6, 6.07) is 4.90. The van der Waals surface area contributed by atoms with Gasteiger partial charge in [0, 0.05) is 10.0 Å². The van der Waals surface area contributed by atoms with E-state index in [9.17, 15) is 4.39 Å². The summed E-state index contributed by atoms with van der Waals surface area (Å²) in [5.74, 6) is -0.213. The molecule has 0 aromatic heterocycles. The second kappa shape index (κ2) is 4.72.